The van der Waals surface area contributed by atoms with Gasteiger partial charge in [-0.1, -0.05) is 115 Å². The molecule has 0 saturated heterocycles. The van der Waals surface area contributed by atoms with E-state index < -0.39 is 6.04 Å². The molecule has 1 N–H and O–H groups in total. The number of rotatable bonds is 11. The molecule has 0 radical (unpaired) electrons. The van der Waals surface area contributed by atoms with E-state index in [-0.39, 0.29) is 11.8 Å². The first-order chi connectivity index (χ1) is 18.1. The summed E-state index contributed by atoms with van der Waals surface area (Å²) in [5, 5.41) is 3.70. The normalized spacial score (nSPS) is 11.5. The summed E-state index contributed by atoms with van der Waals surface area (Å²) in [6.07, 6.45) is 1.35. The van der Waals surface area contributed by atoms with Gasteiger partial charge in [0.25, 0.3) is 0 Å². The molecule has 0 aliphatic rings. The number of aryl methyl sites for hydroxylation is 1. The van der Waals surface area contributed by atoms with Crippen molar-refractivity contribution < 1.29 is 9.59 Å². The molecule has 4 aromatic carbocycles. The van der Waals surface area contributed by atoms with Gasteiger partial charge in [-0.05, 0) is 40.8 Å². The van der Waals surface area contributed by atoms with Gasteiger partial charge in [0.1, 0.15) is 6.04 Å². The zero-order valence-electron chi connectivity index (χ0n) is 20.7. The first kappa shape index (κ1) is 26.2. The maximum absolute atomic E-state index is 13.7. The van der Waals surface area contributed by atoms with Gasteiger partial charge in [0.15, 0.2) is 0 Å². The van der Waals surface area contributed by atoms with E-state index in [1.165, 1.54) is 0 Å². The van der Waals surface area contributed by atoms with Crippen molar-refractivity contribution in [2.75, 3.05) is 0 Å². The van der Waals surface area contributed by atoms with Crippen LogP contribution in [0, 0.1) is 0 Å². The van der Waals surface area contributed by atoms with E-state index in [0.717, 1.165) is 22.3 Å². The van der Waals surface area contributed by atoms with E-state index >= 15 is 0 Å². The minimum atomic E-state index is -0.662. The van der Waals surface area contributed by atoms with Gasteiger partial charge in [0.05, 0.1) is 0 Å². The Kier molecular flexibility index (Phi) is 9.50. The number of benzene rings is 4. The van der Waals surface area contributed by atoms with Gasteiger partial charge in [0.2, 0.25) is 11.8 Å². The number of nitrogens with one attached hydrogen (secondary N) is 1. The monoisotopic (exact) mass is 510 g/mol. The Balaban J connectivity index is 1.60. The molecule has 1 atom stereocenters. The number of carbonyl (C=O) groups is 2. The molecule has 37 heavy (non-hydrogen) atoms. The molecular weight excluding hydrogens is 480 g/mol. The number of amides is 2. The number of hydrogen-bond acceptors (Lipinski definition) is 2. The highest BCUT2D eigenvalue weighted by molar-refractivity contribution is 6.30. The maximum atomic E-state index is 13.7. The fourth-order valence-electron chi connectivity index (χ4n) is 4.28. The molecule has 4 rings (SSSR count). The van der Waals surface area contributed by atoms with Crippen molar-refractivity contribution in [1.82, 2.24) is 10.2 Å². The molecule has 0 heterocycles. The van der Waals surface area contributed by atoms with Crippen LogP contribution in [-0.4, -0.2) is 22.8 Å². The van der Waals surface area contributed by atoms with Crippen molar-refractivity contribution in [2.24, 2.45) is 0 Å². The molecule has 0 bridgehead atoms. The zero-order valence-corrected chi connectivity index (χ0v) is 21.5. The van der Waals surface area contributed by atoms with Crippen molar-refractivity contribution in [3.8, 4) is 0 Å². The quantitative estimate of drug-likeness (QED) is 0.260. The summed E-state index contributed by atoms with van der Waals surface area (Å²) in [7, 11) is 0. The minimum Gasteiger partial charge on any atom is -0.350 e. The van der Waals surface area contributed by atoms with Gasteiger partial charge in [-0.2, -0.15) is 0 Å². The summed E-state index contributed by atoms with van der Waals surface area (Å²) in [5.74, 6) is -0.232. The van der Waals surface area contributed by atoms with E-state index in [1.54, 1.807) is 4.90 Å². The number of hydrogen-bond donors (Lipinski definition) is 1. The van der Waals surface area contributed by atoms with Crippen molar-refractivity contribution >= 4 is 23.4 Å². The molecule has 188 valence electrons. The average molecular weight is 511 g/mol. The third-order valence-electron chi connectivity index (χ3n) is 6.32. The maximum Gasteiger partial charge on any atom is 0.243 e. The summed E-state index contributed by atoms with van der Waals surface area (Å²) >= 11 is 6.10. The van der Waals surface area contributed by atoms with Gasteiger partial charge in [-0.3, -0.25) is 9.59 Å². The molecule has 4 nitrogen and oxygen atoms in total. The molecule has 0 aliphatic carbocycles. The SMILES string of the molecule is O=C(NCc1ccccc1)[C@@H](Cc1ccccc1)N(Cc1ccc(Cl)cc1)C(=O)CCc1ccccc1. The van der Waals surface area contributed by atoms with E-state index in [2.05, 4.69) is 5.32 Å². The highest BCUT2D eigenvalue weighted by atomic mass is 35.5. The molecule has 0 spiro atoms. The lowest BCUT2D eigenvalue weighted by molar-refractivity contribution is -0.141. The predicted molar refractivity (Wildman–Crippen MR) is 149 cm³/mol. The molecule has 4 aromatic rings. The third kappa shape index (κ3) is 8.06. The zero-order chi connectivity index (χ0) is 25.9. The lowest BCUT2D eigenvalue weighted by atomic mass is 10.0. The Hall–Kier alpha value is -3.89. The third-order valence-corrected chi connectivity index (χ3v) is 6.57. The van der Waals surface area contributed by atoms with Crippen LogP contribution in [0.25, 0.3) is 0 Å². The van der Waals surface area contributed by atoms with Crippen LogP contribution in [0.4, 0.5) is 0 Å². The molecule has 2 amide bonds. The summed E-state index contributed by atoms with van der Waals surface area (Å²) < 4.78 is 0. The molecule has 5 heteroatoms. The molecule has 0 fully saturated rings. The molecule has 0 aliphatic heterocycles. The summed E-state index contributed by atoms with van der Waals surface area (Å²) in [6.45, 7) is 0.721. The Labute approximate surface area is 223 Å². The number of carbonyl (C=O) groups excluding carboxylic acids is 2. The molecular formula is C32H31ClN2O2. The van der Waals surface area contributed by atoms with Crippen molar-refractivity contribution in [3.05, 3.63) is 143 Å². The lowest BCUT2D eigenvalue weighted by Gasteiger charge is -2.32. The summed E-state index contributed by atoms with van der Waals surface area (Å²) in [5.41, 5.74) is 4.02. The second-order valence-corrected chi connectivity index (χ2v) is 9.48. The molecule has 0 saturated carbocycles. The van der Waals surface area contributed by atoms with E-state index in [4.69, 9.17) is 11.6 Å². The second kappa shape index (κ2) is 13.4. The second-order valence-electron chi connectivity index (χ2n) is 9.04. The molecule has 0 aromatic heterocycles. The summed E-state index contributed by atoms with van der Waals surface area (Å²) in [4.78, 5) is 29.1. The number of halogens is 1. The standard InChI is InChI=1S/C32H31ClN2O2/c33-29-19-16-28(17-20-29)24-35(31(36)21-18-25-10-4-1-5-11-25)30(22-26-12-6-2-7-13-26)32(37)34-23-27-14-8-3-9-15-27/h1-17,19-20,30H,18,21-24H2,(H,34,37)/t30-/m1/s1. The minimum absolute atomic E-state index is 0.0606. The fraction of sp³-hybridized carbons (Fsp3) is 0.188. The number of nitrogens with zero attached hydrogens (tertiary/aromatic N) is 1. The Bertz CT molecular complexity index is 1260. The highest BCUT2D eigenvalue weighted by Crippen LogP contribution is 2.18. The molecule has 0 unspecified atom stereocenters. The highest BCUT2D eigenvalue weighted by Gasteiger charge is 2.30. The van der Waals surface area contributed by atoms with Crippen LogP contribution in [-0.2, 0) is 35.5 Å². The Morgan fingerprint density at radius 1 is 0.676 bits per heavy atom. The Morgan fingerprint density at radius 3 is 1.81 bits per heavy atom. The van der Waals surface area contributed by atoms with Crippen molar-refractivity contribution in [2.45, 2.75) is 38.4 Å². The van der Waals surface area contributed by atoms with Crippen LogP contribution in [0.1, 0.15) is 28.7 Å². The van der Waals surface area contributed by atoms with E-state index in [9.17, 15) is 9.59 Å². The van der Waals surface area contributed by atoms with Gasteiger partial charge >= 0.3 is 0 Å². The summed E-state index contributed by atoms with van der Waals surface area (Å²) in [6, 6.07) is 36.3. The van der Waals surface area contributed by atoms with Crippen molar-refractivity contribution in [3.63, 3.8) is 0 Å². The fourth-order valence-corrected chi connectivity index (χ4v) is 4.41. The van der Waals surface area contributed by atoms with Gasteiger partial charge in [0, 0.05) is 31.0 Å². The smallest absolute Gasteiger partial charge is 0.243 e. The van der Waals surface area contributed by atoms with E-state index in [1.807, 2.05) is 115 Å². The van der Waals surface area contributed by atoms with Gasteiger partial charge < -0.3 is 10.2 Å². The predicted octanol–water partition coefficient (Wildman–Crippen LogP) is 6.23. The van der Waals surface area contributed by atoms with Crippen LogP contribution in [0.2, 0.25) is 5.02 Å². The van der Waals surface area contributed by atoms with E-state index in [0.29, 0.717) is 37.4 Å². The Morgan fingerprint density at radius 2 is 1.22 bits per heavy atom. The van der Waals surface area contributed by atoms with Crippen molar-refractivity contribution in [1.29, 1.82) is 0 Å². The van der Waals surface area contributed by atoms with Crippen LogP contribution in [0.3, 0.4) is 0 Å². The van der Waals surface area contributed by atoms with Gasteiger partial charge in [-0.15, -0.1) is 0 Å². The van der Waals surface area contributed by atoms with Crippen LogP contribution < -0.4 is 5.32 Å². The lowest BCUT2D eigenvalue weighted by Crippen LogP contribution is -2.50. The first-order valence-corrected chi connectivity index (χ1v) is 12.9. The van der Waals surface area contributed by atoms with Crippen LogP contribution in [0.5, 0.6) is 0 Å². The van der Waals surface area contributed by atoms with Gasteiger partial charge in [-0.25, -0.2) is 0 Å². The average Bonchev–Trinajstić information content (AvgIpc) is 2.95. The van der Waals surface area contributed by atoms with Crippen LogP contribution in [0.15, 0.2) is 115 Å². The first-order valence-electron chi connectivity index (χ1n) is 12.5. The largest absolute Gasteiger partial charge is 0.350 e. The topological polar surface area (TPSA) is 49.4 Å². The van der Waals surface area contributed by atoms with Crippen LogP contribution >= 0.6 is 11.6 Å².